The molecule has 6 nitrogen and oxygen atoms in total. The van der Waals surface area contributed by atoms with Crippen LogP contribution in [0.3, 0.4) is 0 Å². The number of hydrogen-bond acceptors (Lipinski definition) is 6. The largest absolute Gasteiger partial charge is 0.468 e. The maximum atomic E-state index is 13.4. The molecule has 2 aromatic rings. The number of rotatable bonds is 8. The summed E-state index contributed by atoms with van der Waals surface area (Å²) in [7, 11) is 0. The highest BCUT2D eigenvalue weighted by Crippen LogP contribution is 2.37. The smallest absolute Gasteiger partial charge is 0.267 e. The molecule has 0 N–H and O–H groups in total. The molecule has 30 heavy (non-hydrogen) atoms. The van der Waals surface area contributed by atoms with Crippen LogP contribution in [0.5, 0.6) is 0 Å². The van der Waals surface area contributed by atoms with E-state index in [1.54, 1.807) is 24.5 Å². The van der Waals surface area contributed by atoms with Crippen molar-refractivity contribution in [1.82, 2.24) is 9.80 Å². The maximum Gasteiger partial charge on any atom is 0.267 e. The van der Waals surface area contributed by atoms with E-state index in [0.29, 0.717) is 48.0 Å². The van der Waals surface area contributed by atoms with Gasteiger partial charge in [0.2, 0.25) is 0 Å². The topological polar surface area (TPSA) is 63.0 Å². The first-order chi connectivity index (χ1) is 14.6. The first kappa shape index (κ1) is 20.8. The summed E-state index contributed by atoms with van der Waals surface area (Å²) in [5.74, 6) is 0.154. The van der Waals surface area contributed by atoms with Crippen LogP contribution in [-0.2, 0) is 20.1 Å². The normalized spacial score (nSPS) is 18.0. The van der Waals surface area contributed by atoms with Gasteiger partial charge in [-0.3, -0.25) is 19.4 Å². The zero-order chi connectivity index (χ0) is 20.9. The zero-order valence-corrected chi connectivity index (χ0v) is 17.3. The molecule has 0 unspecified atom stereocenters. The second-order valence-corrected chi connectivity index (χ2v) is 8.13. The number of benzene rings is 1. The SMILES string of the molecule is O=C1C(SCc2ccco2)=C(c2ccc(F)cc2)C(=O)N1CCCN1CCOCC1. The van der Waals surface area contributed by atoms with E-state index in [-0.39, 0.29) is 17.6 Å². The number of thioether (sulfide) groups is 1. The van der Waals surface area contributed by atoms with E-state index in [2.05, 4.69) is 4.90 Å². The van der Waals surface area contributed by atoms with Gasteiger partial charge in [0.05, 0.1) is 35.7 Å². The van der Waals surface area contributed by atoms with Gasteiger partial charge < -0.3 is 9.15 Å². The van der Waals surface area contributed by atoms with E-state index in [1.807, 2.05) is 6.07 Å². The fraction of sp³-hybridized carbons (Fsp3) is 0.364. The molecule has 1 saturated heterocycles. The highest BCUT2D eigenvalue weighted by molar-refractivity contribution is 8.03. The van der Waals surface area contributed by atoms with Crippen molar-refractivity contribution in [1.29, 1.82) is 0 Å². The summed E-state index contributed by atoms with van der Waals surface area (Å²) in [5, 5.41) is 0. The Hall–Kier alpha value is -2.42. The number of hydrogen-bond donors (Lipinski definition) is 0. The molecule has 8 heteroatoms. The van der Waals surface area contributed by atoms with Crippen molar-refractivity contribution < 1.29 is 23.1 Å². The standard InChI is InChI=1S/C22H23FN2O4S/c23-17-6-4-16(5-7-17)19-20(30-15-18-3-1-12-29-18)22(27)25(21(19)26)9-2-8-24-10-13-28-14-11-24/h1,3-7,12H,2,8-11,13-15H2. The summed E-state index contributed by atoms with van der Waals surface area (Å²) in [4.78, 5) is 30.2. The summed E-state index contributed by atoms with van der Waals surface area (Å²) >= 11 is 1.28. The predicted octanol–water partition coefficient (Wildman–Crippen LogP) is 3.15. The van der Waals surface area contributed by atoms with Crippen molar-refractivity contribution in [2.45, 2.75) is 12.2 Å². The lowest BCUT2D eigenvalue weighted by Gasteiger charge is -2.27. The summed E-state index contributed by atoms with van der Waals surface area (Å²) in [6.07, 6.45) is 2.27. The molecule has 4 rings (SSSR count). The average molecular weight is 431 g/mol. The minimum Gasteiger partial charge on any atom is -0.468 e. The molecule has 0 aliphatic carbocycles. The van der Waals surface area contributed by atoms with E-state index in [0.717, 1.165) is 25.4 Å². The highest BCUT2D eigenvalue weighted by atomic mass is 32.2. The number of morpholine rings is 1. The molecule has 2 aliphatic heterocycles. The molecule has 1 fully saturated rings. The van der Waals surface area contributed by atoms with Crippen molar-refractivity contribution >= 4 is 29.1 Å². The van der Waals surface area contributed by atoms with Gasteiger partial charge in [-0.2, -0.15) is 0 Å². The van der Waals surface area contributed by atoms with Gasteiger partial charge in [-0.25, -0.2) is 4.39 Å². The van der Waals surface area contributed by atoms with Gasteiger partial charge in [0, 0.05) is 26.2 Å². The Morgan fingerprint density at radius 3 is 2.47 bits per heavy atom. The van der Waals surface area contributed by atoms with E-state index >= 15 is 0 Å². The second-order valence-electron chi connectivity index (χ2n) is 7.15. The Morgan fingerprint density at radius 2 is 1.77 bits per heavy atom. The molecule has 2 aliphatic rings. The number of amides is 2. The van der Waals surface area contributed by atoms with E-state index in [1.165, 1.54) is 28.8 Å². The van der Waals surface area contributed by atoms with Gasteiger partial charge >= 0.3 is 0 Å². The Bertz CT molecular complexity index is 921. The minimum absolute atomic E-state index is 0.294. The Kier molecular flexibility index (Phi) is 6.66. The van der Waals surface area contributed by atoms with Gasteiger partial charge in [-0.1, -0.05) is 12.1 Å². The summed E-state index contributed by atoms with van der Waals surface area (Å²) in [6, 6.07) is 9.30. The predicted molar refractivity (Wildman–Crippen MR) is 112 cm³/mol. The molecule has 3 heterocycles. The van der Waals surface area contributed by atoms with Crippen LogP contribution >= 0.6 is 11.8 Å². The van der Waals surface area contributed by atoms with E-state index < -0.39 is 0 Å². The molecule has 158 valence electrons. The van der Waals surface area contributed by atoms with Crippen LogP contribution in [0, 0.1) is 5.82 Å². The van der Waals surface area contributed by atoms with Gasteiger partial charge in [0.25, 0.3) is 11.8 Å². The third-order valence-electron chi connectivity index (χ3n) is 5.16. The van der Waals surface area contributed by atoms with Crippen LogP contribution in [0.1, 0.15) is 17.7 Å². The molecular weight excluding hydrogens is 407 g/mol. The minimum atomic E-state index is -0.386. The van der Waals surface area contributed by atoms with E-state index in [9.17, 15) is 14.0 Å². The molecule has 2 amide bonds. The molecule has 1 aromatic carbocycles. The average Bonchev–Trinajstić information content (AvgIpc) is 3.36. The summed E-state index contributed by atoms with van der Waals surface area (Å²) < 4.78 is 24.1. The molecule has 1 aromatic heterocycles. The highest BCUT2D eigenvalue weighted by Gasteiger charge is 2.39. The molecular formula is C22H23FN2O4S. The summed E-state index contributed by atoms with van der Waals surface area (Å²) in [6.45, 7) is 4.32. The van der Waals surface area contributed by atoms with Crippen molar-refractivity contribution in [3.8, 4) is 0 Å². The number of nitrogens with zero attached hydrogens (tertiary/aromatic N) is 2. The Labute approximate surface area is 178 Å². The number of carbonyl (C=O) groups excluding carboxylic acids is 2. The third kappa shape index (κ3) is 4.66. The van der Waals surface area contributed by atoms with Crippen LogP contribution in [0.25, 0.3) is 5.57 Å². The monoisotopic (exact) mass is 430 g/mol. The molecule has 0 atom stereocenters. The molecule has 0 bridgehead atoms. The quantitative estimate of drug-likeness (QED) is 0.600. The number of furan rings is 1. The lowest BCUT2D eigenvalue weighted by molar-refractivity contribution is -0.136. The number of ether oxygens (including phenoxy) is 1. The van der Waals surface area contributed by atoms with Gasteiger partial charge in [-0.05, 0) is 36.2 Å². The van der Waals surface area contributed by atoms with Crippen LogP contribution in [0.15, 0.2) is 52.0 Å². The molecule has 0 radical (unpaired) electrons. The fourth-order valence-corrected chi connectivity index (χ4v) is 4.61. The van der Waals surface area contributed by atoms with Gasteiger partial charge in [-0.15, -0.1) is 11.8 Å². The van der Waals surface area contributed by atoms with Gasteiger partial charge in [0.15, 0.2) is 0 Å². The van der Waals surface area contributed by atoms with Crippen LogP contribution in [0.2, 0.25) is 0 Å². The maximum absolute atomic E-state index is 13.4. The number of imide groups is 1. The third-order valence-corrected chi connectivity index (χ3v) is 6.25. The van der Waals surface area contributed by atoms with Gasteiger partial charge in [0.1, 0.15) is 11.6 Å². The zero-order valence-electron chi connectivity index (χ0n) is 16.5. The van der Waals surface area contributed by atoms with Crippen molar-refractivity contribution in [2.75, 3.05) is 39.4 Å². The second kappa shape index (κ2) is 9.59. The Morgan fingerprint density at radius 1 is 1.00 bits per heavy atom. The molecule has 0 spiro atoms. The molecule has 0 saturated carbocycles. The fourth-order valence-electron chi connectivity index (χ4n) is 3.58. The summed E-state index contributed by atoms with van der Waals surface area (Å²) in [5.41, 5.74) is 0.885. The van der Waals surface area contributed by atoms with Crippen molar-refractivity contribution in [2.24, 2.45) is 0 Å². The van der Waals surface area contributed by atoms with E-state index in [4.69, 9.17) is 9.15 Å². The lowest BCUT2D eigenvalue weighted by atomic mass is 10.1. The Balaban J connectivity index is 1.49. The first-order valence-electron chi connectivity index (χ1n) is 9.95. The van der Waals surface area contributed by atoms with Crippen LogP contribution in [-0.4, -0.2) is 61.0 Å². The van der Waals surface area contributed by atoms with Crippen molar-refractivity contribution in [3.05, 3.63) is 64.7 Å². The van der Waals surface area contributed by atoms with Crippen LogP contribution < -0.4 is 0 Å². The van der Waals surface area contributed by atoms with Crippen LogP contribution in [0.4, 0.5) is 4.39 Å². The number of halogens is 1. The first-order valence-corrected chi connectivity index (χ1v) is 10.9. The van der Waals surface area contributed by atoms with Crippen molar-refractivity contribution in [3.63, 3.8) is 0 Å². The lowest BCUT2D eigenvalue weighted by Crippen LogP contribution is -2.39. The number of carbonyl (C=O) groups is 2.